The summed E-state index contributed by atoms with van der Waals surface area (Å²) in [6, 6.07) is 24.2. The van der Waals surface area contributed by atoms with Gasteiger partial charge in [0.2, 0.25) is 5.91 Å². The van der Waals surface area contributed by atoms with Crippen molar-refractivity contribution in [2.45, 2.75) is 24.7 Å². The molecule has 214 valence electrons. The summed E-state index contributed by atoms with van der Waals surface area (Å²) in [6.45, 7) is 7.59. The second kappa shape index (κ2) is 13.7. The molecule has 1 fully saturated rings. The highest BCUT2D eigenvalue weighted by molar-refractivity contribution is 8.04. The van der Waals surface area contributed by atoms with Crippen LogP contribution in [0.3, 0.4) is 0 Å². The summed E-state index contributed by atoms with van der Waals surface area (Å²) in [7, 11) is 1.68. The van der Waals surface area contributed by atoms with Crippen LogP contribution in [0.25, 0.3) is 6.08 Å². The number of aryl methyl sites for hydroxylation is 1. The lowest BCUT2D eigenvalue weighted by molar-refractivity contribution is -0.122. The third-order valence-electron chi connectivity index (χ3n) is 7.60. The van der Waals surface area contributed by atoms with E-state index in [-0.39, 0.29) is 18.4 Å². The van der Waals surface area contributed by atoms with E-state index in [4.69, 9.17) is 4.74 Å². The van der Waals surface area contributed by atoms with Crippen LogP contribution in [-0.2, 0) is 16.0 Å². The standard InChI is InChI=1S/C33H38N4O3S/c1-3-25-9-11-26(12-10-25)23-31-33(39)37(29-7-4-5-8-30(29)41-31)24-32(38)34-17-6-18-35-19-21-36(22-20-35)27-13-15-28(40-2)16-14-27/h4-5,7-16,23H,3,6,17-22,24H2,1-2H3,(H,34,38). The number of anilines is 2. The van der Waals surface area contributed by atoms with Gasteiger partial charge in [-0.1, -0.05) is 55.1 Å². The van der Waals surface area contributed by atoms with Crippen LogP contribution in [0.5, 0.6) is 5.75 Å². The van der Waals surface area contributed by atoms with E-state index in [2.05, 4.69) is 46.3 Å². The van der Waals surface area contributed by atoms with Crippen molar-refractivity contribution in [3.63, 3.8) is 0 Å². The van der Waals surface area contributed by atoms with Gasteiger partial charge in [-0.25, -0.2) is 0 Å². The Hall–Kier alpha value is -3.75. The van der Waals surface area contributed by atoms with E-state index in [0.29, 0.717) is 11.4 Å². The molecule has 0 bridgehead atoms. The van der Waals surface area contributed by atoms with E-state index in [9.17, 15) is 9.59 Å². The van der Waals surface area contributed by atoms with Gasteiger partial charge in [0.15, 0.2) is 0 Å². The van der Waals surface area contributed by atoms with Crippen LogP contribution < -0.4 is 19.9 Å². The third kappa shape index (κ3) is 7.31. The number of carbonyl (C=O) groups excluding carboxylic acids is 2. The number of rotatable bonds is 10. The van der Waals surface area contributed by atoms with Gasteiger partial charge in [0, 0.05) is 43.3 Å². The molecule has 5 rings (SSSR count). The van der Waals surface area contributed by atoms with E-state index in [1.165, 1.54) is 23.0 Å². The molecule has 1 saturated heterocycles. The maximum atomic E-state index is 13.5. The van der Waals surface area contributed by atoms with Crippen LogP contribution in [0, 0.1) is 0 Å². The van der Waals surface area contributed by atoms with Crippen LogP contribution in [0.1, 0.15) is 24.5 Å². The number of piperazine rings is 1. The SMILES string of the molecule is CCc1ccc(C=C2Sc3ccccc3N(CC(=O)NCCCN3CCN(c4ccc(OC)cc4)CC3)C2=O)cc1. The molecule has 0 spiro atoms. The first-order chi connectivity index (χ1) is 20.0. The van der Waals surface area contributed by atoms with Crippen molar-refractivity contribution < 1.29 is 14.3 Å². The molecule has 2 amide bonds. The number of hydrogen-bond donors (Lipinski definition) is 1. The Kier molecular flexibility index (Phi) is 9.64. The van der Waals surface area contributed by atoms with Gasteiger partial charge in [-0.15, -0.1) is 0 Å². The first-order valence-corrected chi connectivity index (χ1v) is 15.1. The fourth-order valence-corrected chi connectivity index (χ4v) is 6.23. The zero-order valence-electron chi connectivity index (χ0n) is 23.8. The number of benzene rings is 3. The van der Waals surface area contributed by atoms with Gasteiger partial charge >= 0.3 is 0 Å². The lowest BCUT2D eigenvalue weighted by atomic mass is 10.1. The maximum absolute atomic E-state index is 13.5. The smallest absolute Gasteiger partial charge is 0.265 e. The van der Waals surface area contributed by atoms with Crippen LogP contribution in [0.4, 0.5) is 11.4 Å². The van der Waals surface area contributed by atoms with Crippen LogP contribution in [-0.4, -0.2) is 69.6 Å². The summed E-state index contributed by atoms with van der Waals surface area (Å²) in [4.78, 5) is 34.5. The Balaban J connectivity index is 1.11. The molecular weight excluding hydrogens is 532 g/mol. The third-order valence-corrected chi connectivity index (χ3v) is 8.68. The molecule has 2 heterocycles. The summed E-state index contributed by atoms with van der Waals surface area (Å²) in [5.74, 6) is 0.589. The zero-order chi connectivity index (χ0) is 28.6. The second-order valence-electron chi connectivity index (χ2n) is 10.3. The highest BCUT2D eigenvalue weighted by atomic mass is 32.2. The van der Waals surface area contributed by atoms with E-state index in [0.717, 1.165) is 67.5 Å². The van der Waals surface area contributed by atoms with Crippen LogP contribution in [0.2, 0.25) is 0 Å². The Morgan fingerprint density at radius 3 is 2.41 bits per heavy atom. The molecule has 7 nitrogen and oxygen atoms in total. The molecule has 2 aliphatic heterocycles. The molecule has 0 radical (unpaired) electrons. The van der Waals surface area contributed by atoms with Crippen molar-refractivity contribution in [3.05, 3.63) is 88.8 Å². The Morgan fingerprint density at radius 1 is 0.976 bits per heavy atom. The molecule has 2 aliphatic rings. The number of nitrogens with one attached hydrogen (secondary N) is 1. The summed E-state index contributed by atoms with van der Waals surface area (Å²) in [5, 5.41) is 3.04. The fourth-order valence-electron chi connectivity index (χ4n) is 5.17. The number of carbonyl (C=O) groups is 2. The van der Waals surface area contributed by atoms with Crippen LogP contribution >= 0.6 is 11.8 Å². The molecule has 0 aromatic heterocycles. The lowest BCUT2D eigenvalue weighted by Gasteiger charge is -2.36. The summed E-state index contributed by atoms with van der Waals surface area (Å²) >= 11 is 1.46. The average Bonchev–Trinajstić information content (AvgIpc) is 3.02. The quantitative estimate of drug-likeness (QED) is 0.271. The topological polar surface area (TPSA) is 65.1 Å². The minimum Gasteiger partial charge on any atom is -0.497 e. The van der Waals surface area contributed by atoms with Crippen molar-refractivity contribution in [2.75, 3.05) is 62.7 Å². The number of ether oxygens (including phenoxy) is 1. The van der Waals surface area contributed by atoms with Crippen molar-refractivity contribution in [3.8, 4) is 5.75 Å². The Labute approximate surface area is 247 Å². The van der Waals surface area contributed by atoms with Gasteiger partial charge in [-0.3, -0.25) is 19.4 Å². The fraction of sp³-hybridized carbons (Fsp3) is 0.333. The van der Waals surface area contributed by atoms with Crippen molar-refractivity contribution >= 4 is 41.0 Å². The minimum absolute atomic E-state index is 0.00303. The molecule has 3 aromatic rings. The number of methoxy groups -OCH3 is 1. The first-order valence-electron chi connectivity index (χ1n) is 14.3. The van der Waals surface area contributed by atoms with E-state index in [1.54, 1.807) is 12.0 Å². The molecule has 0 aliphatic carbocycles. The van der Waals surface area contributed by atoms with Gasteiger partial charge in [0.25, 0.3) is 5.91 Å². The molecule has 0 unspecified atom stereocenters. The number of amides is 2. The molecule has 0 saturated carbocycles. The molecule has 3 aromatic carbocycles. The van der Waals surface area contributed by atoms with E-state index >= 15 is 0 Å². The molecule has 1 N–H and O–H groups in total. The van der Waals surface area contributed by atoms with E-state index in [1.807, 2.05) is 54.6 Å². The van der Waals surface area contributed by atoms with Crippen LogP contribution in [0.15, 0.2) is 82.6 Å². The maximum Gasteiger partial charge on any atom is 0.265 e. The molecule has 41 heavy (non-hydrogen) atoms. The van der Waals surface area contributed by atoms with Gasteiger partial charge in [0.05, 0.1) is 17.7 Å². The largest absolute Gasteiger partial charge is 0.497 e. The number of thioether (sulfide) groups is 1. The lowest BCUT2D eigenvalue weighted by Crippen LogP contribution is -2.47. The molecule has 8 heteroatoms. The molecular formula is C33H38N4O3S. The number of hydrogen-bond acceptors (Lipinski definition) is 6. The number of para-hydroxylation sites is 1. The predicted molar refractivity (Wildman–Crippen MR) is 168 cm³/mol. The number of fused-ring (bicyclic) bond motifs is 1. The number of nitrogens with zero attached hydrogens (tertiary/aromatic N) is 3. The highest BCUT2D eigenvalue weighted by Gasteiger charge is 2.30. The minimum atomic E-state index is -0.143. The Bertz CT molecular complexity index is 1370. The predicted octanol–water partition coefficient (Wildman–Crippen LogP) is 5.07. The average molecular weight is 571 g/mol. The Morgan fingerprint density at radius 2 is 1.71 bits per heavy atom. The van der Waals surface area contributed by atoms with Crippen molar-refractivity contribution in [1.29, 1.82) is 0 Å². The highest BCUT2D eigenvalue weighted by Crippen LogP contribution is 2.41. The van der Waals surface area contributed by atoms with Crippen molar-refractivity contribution in [1.82, 2.24) is 10.2 Å². The summed E-state index contributed by atoms with van der Waals surface area (Å²) in [5.41, 5.74) is 4.24. The zero-order valence-corrected chi connectivity index (χ0v) is 24.7. The van der Waals surface area contributed by atoms with Gasteiger partial charge in [-0.05, 0) is 73.0 Å². The second-order valence-corrected chi connectivity index (χ2v) is 11.4. The summed E-state index contributed by atoms with van der Waals surface area (Å²) < 4.78 is 5.26. The van der Waals surface area contributed by atoms with Gasteiger partial charge in [-0.2, -0.15) is 0 Å². The van der Waals surface area contributed by atoms with Crippen molar-refractivity contribution in [2.24, 2.45) is 0 Å². The summed E-state index contributed by atoms with van der Waals surface area (Å²) in [6.07, 6.45) is 3.76. The monoisotopic (exact) mass is 570 g/mol. The van der Waals surface area contributed by atoms with Gasteiger partial charge in [0.1, 0.15) is 12.3 Å². The van der Waals surface area contributed by atoms with Gasteiger partial charge < -0.3 is 15.0 Å². The normalized spacial score (nSPS) is 16.5. The van der Waals surface area contributed by atoms with E-state index < -0.39 is 0 Å². The molecule has 0 atom stereocenters. The first kappa shape index (κ1) is 28.8.